The number of nitro groups is 1. The summed E-state index contributed by atoms with van der Waals surface area (Å²) in [5.41, 5.74) is 0.332. The van der Waals surface area contributed by atoms with Gasteiger partial charge in [-0.05, 0) is 18.6 Å². The van der Waals surface area contributed by atoms with Gasteiger partial charge in [-0.15, -0.1) is 0 Å². The molecule has 1 aromatic carbocycles. The number of amides is 1. The average Bonchev–Trinajstić information content (AvgIpc) is 2.39. The Kier molecular flexibility index (Phi) is 1.96. The summed E-state index contributed by atoms with van der Waals surface area (Å²) in [4.78, 5) is 21.8. The van der Waals surface area contributed by atoms with E-state index < -0.39 is 10.3 Å². The quantitative estimate of drug-likeness (QED) is 0.583. The normalized spacial score (nSPS) is 23.4. The Hall–Kier alpha value is -1.91. The van der Waals surface area contributed by atoms with E-state index in [0.717, 1.165) is 0 Å². The predicted octanol–water partition coefficient (Wildman–Crippen LogP) is 1.17. The summed E-state index contributed by atoms with van der Waals surface area (Å²) in [7, 11) is 0. The van der Waals surface area contributed by atoms with Crippen LogP contribution >= 0.6 is 0 Å². The monoisotopic (exact) mass is 206 g/mol. The third-order valence-electron chi connectivity index (χ3n) is 2.72. The van der Waals surface area contributed by atoms with Crippen molar-refractivity contribution in [3.63, 3.8) is 0 Å². The van der Waals surface area contributed by atoms with Gasteiger partial charge in [0.05, 0.1) is 0 Å². The summed E-state index contributed by atoms with van der Waals surface area (Å²) < 4.78 is 0. The second kappa shape index (κ2) is 3.05. The first-order chi connectivity index (χ1) is 7.04. The van der Waals surface area contributed by atoms with Gasteiger partial charge in [0, 0.05) is 10.6 Å². The van der Waals surface area contributed by atoms with Gasteiger partial charge in [-0.25, -0.2) is 0 Å². The maximum atomic E-state index is 11.7. The SMILES string of the molecule is C[C@]1(C[N+](=O)[O-])C(=O)Nc2ccccc21. The Labute approximate surface area is 86.2 Å². The molecule has 0 aromatic heterocycles. The van der Waals surface area contributed by atoms with Gasteiger partial charge in [-0.3, -0.25) is 14.9 Å². The van der Waals surface area contributed by atoms with Gasteiger partial charge < -0.3 is 5.32 Å². The van der Waals surface area contributed by atoms with Crippen LogP contribution in [-0.2, 0) is 10.2 Å². The van der Waals surface area contributed by atoms with Gasteiger partial charge >= 0.3 is 0 Å². The van der Waals surface area contributed by atoms with Crippen molar-refractivity contribution >= 4 is 11.6 Å². The third-order valence-corrected chi connectivity index (χ3v) is 2.72. The lowest BCUT2D eigenvalue weighted by Crippen LogP contribution is -2.38. The van der Waals surface area contributed by atoms with Crippen LogP contribution in [0.2, 0.25) is 0 Å². The van der Waals surface area contributed by atoms with E-state index in [2.05, 4.69) is 5.32 Å². The van der Waals surface area contributed by atoms with Crippen molar-refractivity contribution in [3.8, 4) is 0 Å². The fourth-order valence-electron chi connectivity index (χ4n) is 1.87. The summed E-state index contributed by atoms with van der Waals surface area (Å²) in [6.07, 6.45) is 0. The Bertz CT molecular complexity index is 444. The topological polar surface area (TPSA) is 72.2 Å². The fourth-order valence-corrected chi connectivity index (χ4v) is 1.87. The zero-order valence-corrected chi connectivity index (χ0v) is 8.19. The molecule has 0 saturated carbocycles. The molecule has 0 aliphatic carbocycles. The lowest BCUT2D eigenvalue weighted by Gasteiger charge is -2.16. The number of carbonyl (C=O) groups excluding carboxylic acids is 1. The standard InChI is InChI=1S/C10H10N2O3/c1-10(6-12(14)15)7-4-2-3-5-8(7)11-9(10)13/h2-5H,6H2,1H3,(H,11,13)/t10-/m1/s1. The van der Waals surface area contributed by atoms with Gasteiger partial charge in [0.2, 0.25) is 12.5 Å². The molecular weight excluding hydrogens is 196 g/mol. The number of hydrogen-bond donors (Lipinski definition) is 1. The van der Waals surface area contributed by atoms with E-state index in [1.165, 1.54) is 0 Å². The van der Waals surface area contributed by atoms with Gasteiger partial charge in [0.25, 0.3) is 0 Å². The lowest BCUT2D eigenvalue weighted by atomic mass is 9.84. The highest BCUT2D eigenvalue weighted by Gasteiger charge is 2.46. The number of para-hydroxylation sites is 1. The molecule has 15 heavy (non-hydrogen) atoms. The van der Waals surface area contributed by atoms with E-state index in [4.69, 9.17) is 0 Å². The number of hydrogen-bond acceptors (Lipinski definition) is 3. The summed E-state index contributed by atoms with van der Waals surface area (Å²) in [5.74, 6) is -0.305. The molecule has 0 spiro atoms. The Morgan fingerprint density at radius 3 is 2.80 bits per heavy atom. The molecule has 1 aliphatic rings. The van der Waals surface area contributed by atoms with Crippen molar-refractivity contribution in [1.82, 2.24) is 0 Å². The molecule has 1 atom stereocenters. The number of anilines is 1. The van der Waals surface area contributed by atoms with Crippen LogP contribution in [0.4, 0.5) is 5.69 Å². The van der Waals surface area contributed by atoms with Crippen molar-refractivity contribution in [3.05, 3.63) is 39.9 Å². The van der Waals surface area contributed by atoms with Crippen LogP contribution in [0, 0.1) is 10.1 Å². The van der Waals surface area contributed by atoms with E-state index in [9.17, 15) is 14.9 Å². The molecule has 1 aromatic rings. The molecule has 1 heterocycles. The zero-order chi connectivity index (χ0) is 11.1. The van der Waals surface area contributed by atoms with Gasteiger partial charge in [-0.2, -0.15) is 0 Å². The van der Waals surface area contributed by atoms with Crippen molar-refractivity contribution in [2.24, 2.45) is 0 Å². The average molecular weight is 206 g/mol. The highest BCUT2D eigenvalue weighted by Crippen LogP contribution is 2.37. The summed E-state index contributed by atoms with van der Waals surface area (Å²) in [5, 5.41) is 13.2. The Morgan fingerprint density at radius 1 is 1.47 bits per heavy atom. The minimum Gasteiger partial charge on any atom is -0.325 e. The highest BCUT2D eigenvalue weighted by atomic mass is 16.6. The van der Waals surface area contributed by atoms with Crippen LogP contribution in [0.25, 0.3) is 0 Å². The molecule has 1 aliphatic heterocycles. The molecule has 1 amide bonds. The van der Waals surface area contributed by atoms with E-state index in [-0.39, 0.29) is 12.5 Å². The van der Waals surface area contributed by atoms with Crippen molar-refractivity contribution in [2.75, 3.05) is 11.9 Å². The lowest BCUT2D eigenvalue weighted by molar-refractivity contribution is -0.487. The minimum atomic E-state index is -1.04. The summed E-state index contributed by atoms with van der Waals surface area (Å²) >= 11 is 0. The van der Waals surface area contributed by atoms with E-state index in [1.807, 2.05) is 0 Å². The molecule has 5 heteroatoms. The zero-order valence-electron chi connectivity index (χ0n) is 8.19. The molecule has 0 saturated heterocycles. The smallest absolute Gasteiger partial charge is 0.241 e. The summed E-state index contributed by atoms with van der Waals surface area (Å²) in [6, 6.07) is 7.06. The van der Waals surface area contributed by atoms with E-state index in [0.29, 0.717) is 11.3 Å². The molecule has 5 nitrogen and oxygen atoms in total. The first-order valence-corrected chi connectivity index (χ1v) is 4.57. The maximum absolute atomic E-state index is 11.7. The molecular formula is C10H10N2O3. The number of fused-ring (bicyclic) bond motifs is 1. The second-order valence-corrected chi connectivity index (χ2v) is 3.82. The summed E-state index contributed by atoms with van der Waals surface area (Å²) in [6.45, 7) is 1.22. The van der Waals surface area contributed by atoms with Gasteiger partial charge in [0.15, 0.2) is 0 Å². The first-order valence-electron chi connectivity index (χ1n) is 4.57. The van der Waals surface area contributed by atoms with Crippen molar-refractivity contribution in [2.45, 2.75) is 12.3 Å². The molecule has 1 N–H and O–H groups in total. The Morgan fingerprint density at radius 2 is 2.13 bits per heavy atom. The second-order valence-electron chi connectivity index (χ2n) is 3.82. The molecule has 0 unspecified atom stereocenters. The number of nitrogens with one attached hydrogen (secondary N) is 1. The number of rotatable bonds is 2. The Balaban J connectivity index is 2.49. The maximum Gasteiger partial charge on any atom is 0.241 e. The fraction of sp³-hybridized carbons (Fsp3) is 0.300. The molecule has 0 bridgehead atoms. The van der Waals surface area contributed by atoms with Crippen molar-refractivity contribution < 1.29 is 9.72 Å². The predicted molar refractivity (Wildman–Crippen MR) is 54.3 cm³/mol. The number of nitrogens with zero attached hydrogens (tertiary/aromatic N) is 1. The highest BCUT2D eigenvalue weighted by molar-refractivity contribution is 6.06. The first kappa shape index (κ1) is 9.64. The molecule has 0 fully saturated rings. The van der Waals surface area contributed by atoms with Crippen LogP contribution in [0.3, 0.4) is 0 Å². The molecule has 78 valence electrons. The van der Waals surface area contributed by atoms with Crippen molar-refractivity contribution in [1.29, 1.82) is 0 Å². The van der Waals surface area contributed by atoms with E-state index >= 15 is 0 Å². The molecule has 2 rings (SSSR count). The van der Waals surface area contributed by atoms with Gasteiger partial charge in [-0.1, -0.05) is 18.2 Å². The van der Waals surface area contributed by atoms with Crippen LogP contribution in [0.1, 0.15) is 12.5 Å². The minimum absolute atomic E-state index is 0.305. The number of carbonyl (C=O) groups is 1. The van der Waals surface area contributed by atoms with Crippen LogP contribution in [-0.4, -0.2) is 17.4 Å². The van der Waals surface area contributed by atoms with E-state index in [1.54, 1.807) is 31.2 Å². The third kappa shape index (κ3) is 1.36. The van der Waals surface area contributed by atoms with Crippen LogP contribution in [0.15, 0.2) is 24.3 Å². The number of benzene rings is 1. The largest absolute Gasteiger partial charge is 0.325 e. The molecule has 0 radical (unpaired) electrons. The van der Waals surface area contributed by atoms with Crippen LogP contribution in [0.5, 0.6) is 0 Å². The van der Waals surface area contributed by atoms with Crippen LogP contribution < -0.4 is 5.32 Å². The van der Waals surface area contributed by atoms with Gasteiger partial charge in [0.1, 0.15) is 5.41 Å².